The molecule has 0 bridgehead atoms. The first-order valence-corrected chi connectivity index (χ1v) is 9.80. The maximum atomic E-state index is 11.8. The summed E-state index contributed by atoms with van der Waals surface area (Å²) in [5, 5.41) is 10.2. The van der Waals surface area contributed by atoms with E-state index in [1.165, 1.54) is 10.9 Å². The summed E-state index contributed by atoms with van der Waals surface area (Å²) < 4.78 is 32.1. The minimum Gasteiger partial charge on any atom is -0.388 e. The van der Waals surface area contributed by atoms with Crippen LogP contribution in [0.25, 0.3) is 11.2 Å². The zero-order valence-electron chi connectivity index (χ0n) is 12.1. The molecule has 0 unspecified atom stereocenters. The van der Waals surface area contributed by atoms with Crippen LogP contribution in [-0.4, -0.2) is 48.0 Å². The first kappa shape index (κ1) is 17.4. The number of ether oxygens (including phenoxy) is 1. The standard InChI is InChI=1S/C10H15N6O6PS/c11-10-14-7-6(8(18)15-10)13-3-16(7)9-5(17)1-4(22-9)2-21-23(12,19)24-20/h3-5,9,17,20H,1-2H2,(H2,12,19)(H3,11,14,15,18)/t4-,5+,9+,23+/m0/s1. The normalized spacial score (nSPS) is 26.7. The lowest BCUT2D eigenvalue weighted by molar-refractivity contribution is -0.0452. The summed E-state index contributed by atoms with van der Waals surface area (Å²) in [4.78, 5) is 22.0. The lowest BCUT2D eigenvalue weighted by Gasteiger charge is -2.17. The number of hydrogen-bond donors (Lipinski definition) is 5. The number of nitrogen functional groups attached to an aromatic ring is 1. The molecule has 1 fully saturated rings. The molecular formula is C10H15N6O6PS. The van der Waals surface area contributed by atoms with Crippen molar-refractivity contribution in [2.45, 2.75) is 24.9 Å². The van der Waals surface area contributed by atoms with E-state index in [2.05, 4.69) is 15.0 Å². The Labute approximate surface area is 138 Å². The third-order valence-corrected chi connectivity index (χ3v) is 5.18. The van der Waals surface area contributed by atoms with E-state index in [9.17, 15) is 14.5 Å². The number of nitrogens with zero attached hydrogens (tertiary/aromatic N) is 3. The number of aliphatic hydroxyl groups excluding tert-OH is 1. The first-order chi connectivity index (χ1) is 11.3. The zero-order valence-corrected chi connectivity index (χ0v) is 13.8. The van der Waals surface area contributed by atoms with Crippen LogP contribution in [0.1, 0.15) is 12.6 Å². The van der Waals surface area contributed by atoms with Crippen molar-refractivity contribution in [2.24, 2.45) is 5.50 Å². The molecule has 4 atom stereocenters. The summed E-state index contributed by atoms with van der Waals surface area (Å²) in [6.07, 6.45) is -0.973. The van der Waals surface area contributed by atoms with Gasteiger partial charge in [0.2, 0.25) is 5.95 Å². The van der Waals surface area contributed by atoms with Crippen molar-refractivity contribution in [1.29, 1.82) is 0 Å². The number of aliphatic hydroxyl groups is 1. The molecule has 2 aromatic heterocycles. The van der Waals surface area contributed by atoms with Crippen LogP contribution in [0.5, 0.6) is 0 Å². The van der Waals surface area contributed by atoms with Gasteiger partial charge in [-0.15, -0.1) is 0 Å². The molecule has 1 saturated heterocycles. The summed E-state index contributed by atoms with van der Waals surface area (Å²) in [6.45, 7) is -3.84. The fraction of sp³-hybridized carbons (Fsp3) is 0.500. The van der Waals surface area contributed by atoms with Gasteiger partial charge in [0.15, 0.2) is 17.4 Å². The summed E-state index contributed by atoms with van der Waals surface area (Å²) in [7, 11) is 0. The van der Waals surface area contributed by atoms with Crippen molar-refractivity contribution in [3.05, 3.63) is 16.7 Å². The molecule has 1 aliphatic heterocycles. The van der Waals surface area contributed by atoms with E-state index in [1.807, 2.05) is 0 Å². The molecule has 0 saturated carbocycles. The molecule has 0 aliphatic carbocycles. The van der Waals surface area contributed by atoms with Crippen LogP contribution in [0.2, 0.25) is 0 Å². The highest BCUT2D eigenvalue weighted by Gasteiger charge is 2.37. The Morgan fingerprint density at radius 1 is 1.62 bits per heavy atom. The number of rotatable bonds is 5. The molecule has 132 valence electrons. The first-order valence-electron chi connectivity index (χ1n) is 6.73. The van der Waals surface area contributed by atoms with Gasteiger partial charge < -0.3 is 24.7 Å². The highest BCUT2D eigenvalue weighted by Crippen LogP contribution is 2.50. The Bertz CT molecular complexity index is 856. The van der Waals surface area contributed by atoms with E-state index in [4.69, 9.17) is 25.1 Å². The molecule has 0 amide bonds. The molecule has 1 aliphatic rings. The SMILES string of the molecule is Nc1nc2c(ncn2[C@@H]2O[C@H](CO[P@@](N)(=O)SO)C[C@H]2O)c(=O)[nH]1. The highest BCUT2D eigenvalue weighted by molar-refractivity contribution is 8.53. The van der Waals surface area contributed by atoms with Gasteiger partial charge in [0.05, 0.1) is 30.7 Å². The largest absolute Gasteiger partial charge is 0.388 e. The number of nitrogens with two attached hydrogens (primary N) is 2. The lowest BCUT2D eigenvalue weighted by Crippen LogP contribution is -2.20. The Kier molecular flexibility index (Phi) is 4.66. The summed E-state index contributed by atoms with van der Waals surface area (Å²) in [5.41, 5.74) is 10.5. The minimum absolute atomic E-state index is 0.0582. The fourth-order valence-electron chi connectivity index (χ4n) is 2.43. The van der Waals surface area contributed by atoms with E-state index in [1.54, 1.807) is 0 Å². The van der Waals surface area contributed by atoms with Crippen molar-refractivity contribution in [3.63, 3.8) is 0 Å². The molecule has 24 heavy (non-hydrogen) atoms. The van der Waals surface area contributed by atoms with Gasteiger partial charge in [-0.2, -0.15) is 4.98 Å². The average molecular weight is 378 g/mol. The van der Waals surface area contributed by atoms with E-state index < -0.39 is 30.7 Å². The Morgan fingerprint density at radius 2 is 2.38 bits per heavy atom. The van der Waals surface area contributed by atoms with Crippen molar-refractivity contribution in [2.75, 3.05) is 12.3 Å². The average Bonchev–Trinajstić information content (AvgIpc) is 3.08. The number of H-pyrrole nitrogens is 1. The lowest BCUT2D eigenvalue weighted by atomic mass is 10.2. The highest BCUT2D eigenvalue weighted by atomic mass is 32.7. The van der Waals surface area contributed by atoms with Crippen molar-refractivity contribution < 1.29 is 23.5 Å². The molecule has 0 spiro atoms. The van der Waals surface area contributed by atoms with Crippen LogP contribution in [0.3, 0.4) is 0 Å². The number of aromatic nitrogens is 4. The second-order valence-corrected chi connectivity index (χ2v) is 8.66. The maximum Gasteiger partial charge on any atom is 0.350 e. The van der Waals surface area contributed by atoms with E-state index in [0.29, 0.717) is 0 Å². The van der Waals surface area contributed by atoms with E-state index >= 15 is 0 Å². The van der Waals surface area contributed by atoms with Crippen molar-refractivity contribution >= 4 is 35.5 Å². The Balaban J connectivity index is 1.81. The van der Waals surface area contributed by atoms with Gasteiger partial charge in [-0.3, -0.25) is 18.9 Å². The molecule has 12 nitrogen and oxygen atoms in total. The van der Waals surface area contributed by atoms with Crippen LogP contribution >= 0.6 is 18.4 Å². The van der Waals surface area contributed by atoms with E-state index in [-0.39, 0.29) is 41.8 Å². The number of hydrogen-bond acceptors (Lipinski definition) is 10. The van der Waals surface area contributed by atoms with E-state index in [0.717, 1.165) is 0 Å². The predicted molar refractivity (Wildman–Crippen MR) is 85.1 cm³/mol. The van der Waals surface area contributed by atoms with Crippen molar-refractivity contribution in [1.82, 2.24) is 19.5 Å². The number of imidazole rings is 1. The molecule has 2 aromatic rings. The van der Waals surface area contributed by atoms with Gasteiger partial charge in [-0.05, 0) is 0 Å². The number of fused-ring (bicyclic) bond motifs is 1. The molecule has 3 rings (SSSR count). The van der Waals surface area contributed by atoms with Gasteiger partial charge >= 0.3 is 6.72 Å². The number of nitrogens with one attached hydrogen (secondary N) is 1. The zero-order chi connectivity index (χ0) is 17.5. The molecule has 0 aromatic carbocycles. The van der Waals surface area contributed by atoms with Gasteiger partial charge in [0.25, 0.3) is 5.56 Å². The molecule has 3 heterocycles. The van der Waals surface area contributed by atoms with Crippen LogP contribution in [0, 0.1) is 0 Å². The van der Waals surface area contributed by atoms with Crippen LogP contribution in [0.15, 0.2) is 11.1 Å². The van der Waals surface area contributed by atoms with Gasteiger partial charge in [-0.1, -0.05) is 0 Å². The Hall–Kier alpha value is -1.47. The van der Waals surface area contributed by atoms with Crippen LogP contribution < -0.4 is 16.8 Å². The molecule has 7 N–H and O–H groups in total. The van der Waals surface area contributed by atoms with Gasteiger partial charge in [-0.25, -0.2) is 10.5 Å². The fourth-order valence-corrected chi connectivity index (χ4v) is 3.17. The third kappa shape index (κ3) is 3.32. The predicted octanol–water partition coefficient (Wildman–Crippen LogP) is -0.360. The summed E-state index contributed by atoms with van der Waals surface area (Å²) in [5.74, 6) is -0.0920. The number of anilines is 1. The van der Waals surface area contributed by atoms with Crippen LogP contribution in [0.4, 0.5) is 5.95 Å². The monoisotopic (exact) mass is 378 g/mol. The summed E-state index contributed by atoms with van der Waals surface area (Å²) in [6, 6.07) is 0. The quantitative estimate of drug-likeness (QED) is 0.337. The smallest absolute Gasteiger partial charge is 0.350 e. The topological polar surface area (TPSA) is 192 Å². The number of aromatic amines is 1. The second-order valence-electron chi connectivity index (χ2n) is 5.14. The minimum atomic E-state index is -3.66. The molecular weight excluding hydrogens is 363 g/mol. The molecule has 14 heteroatoms. The molecule has 0 radical (unpaired) electrons. The maximum absolute atomic E-state index is 11.8. The van der Waals surface area contributed by atoms with Gasteiger partial charge in [0.1, 0.15) is 6.10 Å². The van der Waals surface area contributed by atoms with Crippen molar-refractivity contribution in [3.8, 4) is 0 Å². The second kappa shape index (κ2) is 6.44. The van der Waals surface area contributed by atoms with Crippen LogP contribution in [-0.2, 0) is 13.8 Å². The third-order valence-electron chi connectivity index (χ3n) is 3.44. The Morgan fingerprint density at radius 3 is 3.08 bits per heavy atom. The summed E-state index contributed by atoms with van der Waals surface area (Å²) >= 11 is -0.0694. The van der Waals surface area contributed by atoms with Gasteiger partial charge in [0, 0.05) is 6.42 Å².